The summed E-state index contributed by atoms with van der Waals surface area (Å²) < 4.78 is 5.71. The maximum Gasteiger partial charge on any atom is 0.320 e. The summed E-state index contributed by atoms with van der Waals surface area (Å²) in [5.41, 5.74) is 0. The van der Waals surface area contributed by atoms with Crippen molar-refractivity contribution in [1.82, 2.24) is 5.32 Å². The van der Waals surface area contributed by atoms with E-state index >= 15 is 0 Å². The highest BCUT2D eigenvalue weighted by molar-refractivity contribution is 5.72. The van der Waals surface area contributed by atoms with Gasteiger partial charge in [-0.2, -0.15) is 0 Å². The van der Waals surface area contributed by atoms with Gasteiger partial charge in [-0.15, -0.1) is 0 Å². The van der Waals surface area contributed by atoms with Gasteiger partial charge in [0.15, 0.2) is 0 Å². The number of nitrogens with one attached hydrogen (secondary N) is 1. The number of rotatable bonds is 5. The fourth-order valence-corrected chi connectivity index (χ4v) is 2.98. The first-order valence-electron chi connectivity index (χ1n) is 7.49. The molecule has 0 aromatic rings. The van der Waals surface area contributed by atoms with Crippen LogP contribution in [0.3, 0.4) is 0 Å². The molecule has 0 heterocycles. The Labute approximate surface area is 111 Å². The number of carbonyl (C=O) groups is 1. The first-order chi connectivity index (χ1) is 8.56. The molecule has 2 aliphatic carbocycles. The topological polar surface area (TPSA) is 38.3 Å². The first-order valence-corrected chi connectivity index (χ1v) is 7.49. The van der Waals surface area contributed by atoms with Crippen LogP contribution >= 0.6 is 0 Å². The third-order valence-corrected chi connectivity index (χ3v) is 4.36. The molecule has 3 atom stereocenters. The van der Waals surface area contributed by atoms with Gasteiger partial charge in [-0.05, 0) is 43.4 Å². The Hall–Kier alpha value is -0.570. The van der Waals surface area contributed by atoms with Crippen LogP contribution in [0.15, 0.2) is 0 Å². The van der Waals surface area contributed by atoms with E-state index in [0.29, 0.717) is 30.3 Å². The second-order valence-corrected chi connectivity index (χ2v) is 6.51. The average molecular weight is 253 g/mol. The van der Waals surface area contributed by atoms with Gasteiger partial charge < -0.3 is 10.1 Å². The quantitative estimate of drug-likeness (QED) is 0.766. The number of carbonyl (C=O) groups excluding carboxylic acids is 1. The van der Waals surface area contributed by atoms with E-state index in [0.717, 1.165) is 6.42 Å². The zero-order chi connectivity index (χ0) is 13.1. The van der Waals surface area contributed by atoms with Crippen molar-refractivity contribution in [3.05, 3.63) is 0 Å². The number of ether oxygens (including phenoxy) is 1. The Bertz CT molecular complexity index is 286. The molecule has 1 N–H and O–H groups in total. The third-order valence-electron chi connectivity index (χ3n) is 4.36. The summed E-state index contributed by atoms with van der Waals surface area (Å²) in [6, 6.07) is 0.573. The summed E-state index contributed by atoms with van der Waals surface area (Å²) in [6.07, 6.45) is 6.08. The monoisotopic (exact) mass is 253 g/mol. The molecule has 3 unspecified atom stereocenters. The molecule has 3 heteroatoms. The number of esters is 1. The normalized spacial score (nSPS) is 32.6. The van der Waals surface area contributed by atoms with Gasteiger partial charge in [-0.3, -0.25) is 4.79 Å². The molecule has 0 aromatic carbocycles. The molecule has 3 nitrogen and oxygen atoms in total. The van der Waals surface area contributed by atoms with Crippen LogP contribution in [-0.4, -0.2) is 24.7 Å². The van der Waals surface area contributed by atoms with Crippen LogP contribution in [0.1, 0.15) is 52.9 Å². The molecule has 0 aromatic heterocycles. The summed E-state index contributed by atoms with van der Waals surface area (Å²) in [5, 5.41) is 3.23. The van der Waals surface area contributed by atoms with Crippen LogP contribution in [0.2, 0.25) is 0 Å². The van der Waals surface area contributed by atoms with Crippen molar-refractivity contribution in [3.8, 4) is 0 Å². The van der Waals surface area contributed by atoms with Gasteiger partial charge in [0.05, 0.1) is 6.54 Å². The van der Waals surface area contributed by atoms with E-state index in [9.17, 15) is 4.79 Å². The standard InChI is InChI=1S/C15H27NO2/c1-10(2)13-7-4-11(3)8-14(13)18-15(17)9-16-12-5-6-12/h10-14,16H,4-9H2,1-3H3. The molecule has 2 fully saturated rings. The minimum absolute atomic E-state index is 0.0633. The van der Waals surface area contributed by atoms with E-state index in [4.69, 9.17) is 4.74 Å². The van der Waals surface area contributed by atoms with E-state index in [2.05, 4.69) is 26.1 Å². The van der Waals surface area contributed by atoms with E-state index < -0.39 is 0 Å². The van der Waals surface area contributed by atoms with Crippen LogP contribution in [0.4, 0.5) is 0 Å². The number of hydrogen-bond donors (Lipinski definition) is 1. The maximum atomic E-state index is 11.8. The van der Waals surface area contributed by atoms with Crippen molar-refractivity contribution in [3.63, 3.8) is 0 Å². The predicted molar refractivity (Wildman–Crippen MR) is 72.2 cm³/mol. The summed E-state index contributed by atoms with van der Waals surface area (Å²) in [7, 11) is 0. The Kier molecular flexibility index (Phi) is 4.66. The second kappa shape index (κ2) is 6.05. The molecule has 0 saturated heterocycles. The van der Waals surface area contributed by atoms with Crippen LogP contribution in [0, 0.1) is 17.8 Å². The summed E-state index contributed by atoms with van der Waals surface area (Å²) >= 11 is 0. The minimum Gasteiger partial charge on any atom is -0.461 e. The molecule has 0 amide bonds. The lowest BCUT2D eigenvalue weighted by atomic mass is 9.75. The molecule has 2 rings (SSSR count). The van der Waals surface area contributed by atoms with Gasteiger partial charge in [-0.25, -0.2) is 0 Å². The molecule has 2 saturated carbocycles. The fourth-order valence-electron chi connectivity index (χ4n) is 2.98. The van der Waals surface area contributed by atoms with Crippen LogP contribution in [0.5, 0.6) is 0 Å². The van der Waals surface area contributed by atoms with E-state index in [-0.39, 0.29) is 12.1 Å². The summed E-state index contributed by atoms with van der Waals surface area (Å²) in [5.74, 6) is 1.78. The van der Waals surface area contributed by atoms with Crippen LogP contribution in [-0.2, 0) is 9.53 Å². The van der Waals surface area contributed by atoms with Gasteiger partial charge in [0.2, 0.25) is 0 Å². The molecule has 0 aliphatic heterocycles. The summed E-state index contributed by atoms with van der Waals surface area (Å²) in [4.78, 5) is 11.8. The summed E-state index contributed by atoms with van der Waals surface area (Å²) in [6.45, 7) is 7.13. The Balaban J connectivity index is 1.80. The van der Waals surface area contributed by atoms with Crippen molar-refractivity contribution < 1.29 is 9.53 Å². The predicted octanol–water partition coefficient (Wildman–Crippen LogP) is 2.74. The van der Waals surface area contributed by atoms with Gasteiger partial charge >= 0.3 is 5.97 Å². The van der Waals surface area contributed by atoms with Crippen molar-refractivity contribution in [2.75, 3.05) is 6.54 Å². The SMILES string of the molecule is CC1CCC(C(C)C)C(OC(=O)CNC2CC2)C1. The Morgan fingerprint density at radius 3 is 2.61 bits per heavy atom. The lowest BCUT2D eigenvalue weighted by Crippen LogP contribution is -2.38. The fraction of sp³-hybridized carbons (Fsp3) is 0.933. The minimum atomic E-state index is -0.0633. The Morgan fingerprint density at radius 1 is 1.28 bits per heavy atom. The van der Waals surface area contributed by atoms with Gasteiger partial charge in [0.25, 0.3) is 0 Å². The molecule has 0 spiro atoms. The lowest BCUT2D eigenvalue weighted by Gasteiger charge is -2.36. The highest BCUT2D eigenvalue weighted by Crippen LogP contribution is 2.35. The highest BCUT2D eigenvalue weighted by atomic mass is 16.5. The third kappa shape index (κ3) is 3.98. The van der Waals surface area contributed by atoms with E-state index in [1.807, 2.05) is 0 Å². The lowest BCUT2D eigenvalue weighted by molar-refractivity contribution is -0.154. The second-order valence-electron chi connectivity index (χ2n) is 6.51. The zero-order valence-corrected chi connectivity index (χ0v) is 11.9. The van der Waals surface area contributed by atoms with E-state index in [1.54, 1.807) is 0 Å². The molecule has 2 aliphatic rings. The largest absolute Gasteiger partial charge is 0.461 e. The van der Waals surface area contributed by atoms with E-state index in [1.165, 1.54) is 25.7 Å². The average Bonchev–Trinajstić information content (AvgIpc) is 3.09. The Morgan fingerprint density at radius 2 is 2.00 bits per heavy atom. The van der Waals surface area contributed by atoms with Crippen molar-refractivity contribution in [2.24, 2.45) is 17.8 Å². The first kappa shape index (κ1) is 13.9. The maximum absolute atomic E-state index is 11.8. The molecule has 0 radical (unpaired) electrons. The molecular weight excluding hydrogens is 226 g/mol. The van der Waals surface area contributed by atoms with Crippen LogP contribution < -0.4 is 5.32 Å². The molecular formula is C15H27NO2. The van der Waals surface area contributed by atoms with Crippen molar-refractivity contribution >= 4 is 5.97 Å². The van der Waals surface area contributed by atoms with Gasteiger partial charge in [0.1, 0.15) is 6.10 Å². The van der Waals surface area contributed by atoms with Crippen LogP contribution in [0.25, 0.3) is 0 Å². The highest BCUT2D eigenvalue weighted by Gasteiger charge is 2.33. The zero-order valence-electron chi connectivity index (χ0n) is 11.9. The molecule has 104 valence electrons. The van der Waals surface area contributed by atoms with Crippen molar-refractivity contribution in [2.45, 2.75) is 65.0 Å². The molecule has 0 bridgehead atoms. The van der Waals surface area contributed by atoms with Gasteiger partial charge in [0, 0.05) is 6.04 Å². The van der Waals surface area contributed by atoms with Crippen molar-refractivity contribution in [1.29, 1.82) is 0 Å². The van der Waals surface area contributed by atoms with Gasteiger partial charge in [-0.1, -0.05) is 27.2 Å². The molecule has 18 heavy (non-hydrogen) atoms. The number of hydrogen-bond acceptors (Lipinski definition) is 3. The smallest absolute Gasteiger partial charge is 0.320 e.